The topological polar surface area (TPSA) is 105 Å². The Labute approximate surface area is 234 Å². The average Bonchev–Trinajstić information content (AvgIpc) is 3.18. The van der Waals surface area contributed by atoms with E-state index >= 15 is 0 Å². The number of para-hydroxylation sites is 1. The molecule has 1 heterocycles. The molecule has 0 bridgehead atoms. The Morgan fingerprint density at radius 2 is 1.68 bits per heavy atom. The van der Waals surface area contributed by atoms with Gasteiger partial charge >= 0.3 is 0 Å². The lowest BCUT2D eigenvalue weighted by atomic mass is 9.84. The molecule has 3 aromatic carbocycles. The van der Waals surface area contributed by atoms with E-state index in [1.807, 2.05) is 27.7 Å². The molecular weight excluding hydrogens is 508 g/mol. The largest absolute Gasteiger partial charge is 0.507 e. The van der Waals surface area contributed by atoms with Crippen molar-refractivity contribution in [2.75, 3.05) is 23.9 Å². The maximum Gasteiger partial charge on any atom is 0.300 e. The molecule has 40 heavy (non-hydrogen) atoms. The zero-order valence-electron chi connectivity index (χ0n) is 23.6. The molecule has 1 aliphatic heterocycles. The molecule has 8 heteroatoms. The molecule has 1 fully saturated rings. The van der Waals surface area contributed by atoms with Crippen molar-refractivity contribution in [1.29, 1.82) is 0 Å². The van der Waals surface area contributed by atoms with Gasteiger partial charge in [-0.1, -0.05) is 39.0 Å². The van der Waals surface area contributed by atoms with E-state index in [0.717, 1.165) is 5.56 Å². The standard InChI is InChI=1S/C32H34N2O6/c1-7-40-26-17-12-20(18-24(26)32(3,4)5)29(36)27-28(23-10-8-9-11-25(23)39-6)34(31(38)30(27)37)22-15-13-21(14-16-22)33-19(2)35/h8-18,28,36H,7H2,1-6H3,(H,33,35)/b29-27+. The van der Waals surface area contributed by atoms with Gasteiger partial charge in [0.2, 0.25) is 5.91 Å². The number of anilines is 2. The number of ether oxygens (including phenoxy) is 2. The van der Waals surface area contributed by atoms with Crippen molar-refractivity contribution in [1.82, 2.24) is 0 Å². The molecule has 0 spiro atoms. The normalized spacial score (nSPS) is 16.6. The van der Waals surface area contributed by atoms with Gasteiger partial charge in [-0.3, -0.25) is 19.3 Å². The van der Waals surface area contributed by atoms with Crippen LogP contribution in [0.3, 0.4) is 0 Å². The minimum Gasteiger partial charge on any atom is -0.507 e. The summed E-state index contributed by atoms with van der Waals surface area (Å²) in [7, 11) is 1.51. The number of ketones is 1. The molecule has 0 saturated carbocycles. The molecule has 0 aliphatic carbocycles. The maximum absolute atomic E-state index is 13.6. The monoisotopic (exact) mass is 542 g/mol. The first-order valence-electron chi connectivity index (χ1n) is 13.1. The fourth-order valence-electron chi connectivity index (χ4n) is 4.89. The minimum atomic E-state index is -0.965. The first kappa shape index (κ1) is 28.4. The lowest BCUT2D eigenvalue weighted by Gasteiger charge is -2.27. The highest BCUT2D eigenvalue weighted by atomic mass is 16.5. The van der Waals surface area contributed by atoms with Crippen LogP contribution in [0, 0.1) is 0 Å². The van der Waals surface area contributed by atoms with Crippen LogP contribution in [0.4, 0.5) is 11.4 Å². The second kappa shape index (κ2) is 11.3. The lowest BCUT2D eigenvalue weighted by Crippen LogP contribution is -2.29. The van der Waals surface area contributed by atoms with Crippen LogP contribution in [0.25, 0.3) is 5.76 Å². The average molecular weight is 543 g/mol. The van der Waals surface area contributed by atoms with Crippen molar-refractivity contribution in [2.24, 2.45) is 0 Å². The Morgan fingerprint density at radius 3 is 2.27 bits per heavy atom. The van der Waals surface area contributed by atoms with Crippen LogP contribution in [0.2, 0.25) is 0 Å². The van der Waals surface area contributed by atoms with Crippen molar-refractivity contribution >= 4 is 34.7 Å². The van der Waals surface area contributed by atoms with Gasteiger partial charge in [0.25, 0.3) is 11.7 Å². The molecule has 1 aliphatic rings. The van der Waals surface area contributed by atoms with Gasteiger partial charge in [-0.15, -0.1) is 0 Å². The van der Waals surface area contributed by atoms with Gasteiger partial charge in [-0.2, -0.15) is 0 Å². The van der Waals surface area contributed by atoms with Crippen LogP contribution in [-0.2, 0) is 19.8 Å². The summed E-state index contributed by atoms with van der Waals surface area (Å²) in [6.07, 6.45) is 0. The van der Waals surface area contributed by atoms with Gasteiger partial charge in [0, 0.05) is 35.0 Å². The fraction of sp³-hybridized carbons (Fsp3) is 0.281. The lowest BCUT2D eigenvalue weighted by molar-refractivity contribution is -0.132. The Hall–Kier alpha value is -4.59. The summed E-state index contributed by atoms with van der Waals surface area (Å²) in [5.74, 6) is -0.973. The number of carbonyl (C=O) groups excluding carboxylic acids is 3. The van der Waals surface area contributed by atoms with Gasteiger partial charge in [0.15, 0.2) is 0 Å². The molecule has 2 N–H and O–H groups in total. The van der Waals surface area contributed by atoms with E-state index in [1.54, 1.807) is 66.7 Å². The van der Waals surface area contributed by atoms with Crippen molar-refractivity contribution in [3.63, 3.8) is 0 Å². The van der Waals surface area contributed by atoms with E-state index in [4.69, 9.17) is 9.47 Å². The predicted molar refractivity (Wildman–Crippen MR) is 155 cm³/mol. The van der Waals surface area contributed by atoms with E-state index in [9.17, 15) is 19.5 Å². The molecule has 4 rings (SSSR count). The summed E-state index contributed by atoms with van der Waals surface area (Å²) < 4.78 is 11.4. The summed E-state index contributed by atoms with van der Waals surface area (Å²) >= 11 is 0. The molecule has 2 amide bonds. The third-order valence-corrected chi connectivity index (χ3v) is 6.70. The molecule has 0 radical (unpaired) electrons. The van der Waals surface area contributed by atoms with Crippen molar-refractivity contribution in [3.8, 4) is 11.5 Å². The van der Waals surface area contributed by atoms with E-state index in [0.29, 0.717) is 40.6 Å². The number of amides is 2. The van der Waals surface area contributed by atoms with E-state index < -0.39 is 17.7 Å². The van der Waals surface area contributed by atoms with Gasteiger partial charge in [-0.05, 0) is 60.9 Å². The first-order valence-corrected chi connectivity index (χ1v) is 13.1. The fourth-order valence-corrected chi connectivity index (χ4v) is 4.89. The zero-order valence-corrected chi connectivity index (χ0v) is 23.6. The summed E-state index contributed by atoms with van der Waals surface area (Å²) in [4.78, 5) is 40.0. The molecule has 0 aromatic heterocycles. The summed E-state index contributed by atoms with van der Waals surface area (Å²) in [6, 6.07) is 18.0. The number of hydrogen-bond acceptors (Lipinski definition) is 6. The van der Waals surface area contributed by atoms with Gasteiger partial charge in [0.05, 0.1) is 25.3 Å². The van der Waals surface area contributed by atoms with Gasteiger partial charge < -0.3 is 19.9 Å². The van der Waals surface area contributed by atoms with Crippen LogP contribution in [0.5, 0.6) is 11.5 Å². The number of nitrogens with zero attached hydrogens (tertiary/aromatic N) is 1. The molecule has 208 valence electrons. The number of Topliss-reactive ketones (excluding diaryl/α,β-unsaturated/α-hetero) is 1. The second-order valence-electron chi connectivity index (χ2n) is 10.5. The van der Waals surface area contributed by atoms with Crippen molar-refractivity contribution < 1.29 is 29.0 Å². The third kappa shape index (κ3) is 5.43. The Kier molecular flexibility index (Phi) is 8.00. The Balaban J connectivity index is 1.94. The molecule has 8 nitrogen and oxygen atoms in total. The number of benzene rings is 3. The SMILES string of the molecule is CCOc1ccc(/C(O)=C2\C(=O)C(=O)N(c3ccc(NC(C)=O)cc3)C2c2ccccc2OC)cc1C(C)(C)C. The first-order chi connectivity index (χ1) is 19.0. The molecule has 1 atom stereocenters. The predicted octanol–water partition coefficient (Wildman–Crippen LogP) is 5.98. The molecular formula is C32H34N2O6. The van der Waals surface area contributed by atoms with Crippen LogP contribution < -0.4 is 19.7 Å². The van der Waals surface area contributed by atoms with E-state index in [1.165, 1.54) is 18.9 Å². The molecule has 3 aromatic rings. The quantitative estimate of drug-likeness (QED) is 0.216. The van der Waals surface area contributed by atoms with Crippen molar-refractivity contribution in [2.45, 2.75) is 46.1 Å². The Morgan fingerprint density at radius 1 is 1.00 bits per heavy atom. The maximum atomic E-state index is 13.6. The molecule has 1 saturated heterocycles. The Bertz CT molecular complexity index is 1480. The smallest absolute Gasteiger partial charge is 0.300 e. The number of nitrogens with one attached hydrogen (secondary N) is 1. The number of carbonyl (C=O) groups is 3. The van der Waals surface area contributed by atoms with Crippen LogP contribution in [-0.4, -0.2) is 36.4 Å². The third-order valence-electron chi connectivity index (χ3n) is 6.70. The summed E-state index contributed by atoms with van der Waals surface area (Å²) in [5, 5.41) is 14.4. The van der Waals surface area contributed by atoms with E-state index in [-0.39, 0.29) is 22.7 Å². The zero-order chi connectivity index (χ0) is 29.2. The van der Waals surface area contributed by atoms with Crippen LogP contribution in [0.15, 0.2) is 72.3 Å². The highest BCUT2D eigenvalue weighted by molar-refractivity contribution is 6.51. The number of aliphatic hydroxyl groups excluding tert-OH is 1. The minimum absolute atomic E-state index is 0.0514. The summed E-state index contributed by atoms with van der Waals surface area (Å²) in [6.45, 7) is 9.89. The van der Waals surface area contributed by atoms with E-state index in [2.05, 4.69) is 5.32 Å². The number of aliphatic hydroxyl groups is 1. The second-order valence-corrected chi connectivity index (χ2v) is 10.5. The highest BCUT2D eigenvalue weighted by Gasteiger charge is 2.48. The van der Waals surface area contributed by atoms with Crippen molar-refractivity contribution in [3.05, 3.63) is 89.0 Å². The number of rotatable bonds is 7. The van der Waals surface area contributed by atoms with Gasteiger partial charge in [0.1, 0.15) is 17.3 Å². The van der Waals surface area contributed by atoms with Crippen LogP contribution in [0.1, 0.15) is 57.4 Å². The molecule has 1 unspecified atom stereocenters. The van der Waals surface area contributed by atoms with Crippen LogP contribution >= 0.6 is 0 Å². The number of methoxy groups -OCH3 is 1. The summed E-state index contributed by atoms with van der Waals surface area (Å²) in [5.41, 5.74) is 2.40. The highest BCUT2D eigenvalue weighted by Crippen LogP contribution is 2.45. The number of hydrogen-bond donors (Lipinski definition) is 2. The van der Waals surface area contributed by atoms with Gasteiger partial charge in [-0.25, -0.2) is 0 Å².